The van der Waals surface area contributed by atoms with Crippen LogP contribution in [0, 0.1) is 0 Å². The highest BCUT2D eigenvalue weighted by Gasteiger charge is 2.20. The standard InChI is InChI=1S/C12H12BrClN2O2S2/c13-12-9(14)6-11(19-12)20(17,18)16-7-10(15)8-4-2-1-3-5-8/h1-6,10,16H,7,15H2. The molecule has 2 rings (SSSR count). The molecule has 1 aromatic carbocycles. The van der Waals surface area contributed by atoms with E-state index >= 15 is 0 Å². The van der Waals surface area contributed by atoms with Gasteiger partial charge >= 0.3 is 0 Å². The molecular weight excluding hydrogens is 384 g/mol. The van der Waals surface area contributed by atoms with Crippen LogP contribution in [0.1, 0.15) is 11.6 Å². The Labute approximate surface area is 135 Å². The predicted molar refractivity (Wildman–Crippen MR) is 85.6 cm³/mol. The summed E-state index contributed by atoms with van der Waals surface area (Å²) >= 11 is 10.1. The van der Waals surface area contributed by atoms with Gasteiger partial charge in [-0.25, -0.2) is 13.1 Å². The van der Waals surface area contributed by atoms with Gasteiger partial charge in [-0.1, -0.05) is 41.9 Å². The molecule has 1 heterocycles. The first-order valence-electron chi connectivity index (χ1n) is 5.65. The van der Waals surface area contributed by atoms with Crippen LogP contribution in [0.4, 0.5) is 0 Å². The molecule has 3 N–H and O–H groups in total. The third-order valence-corrected chi connectivity index (χ3v) is 6.98. The Hall–Kier alpha value is -0.440. The van der Waals surface area contributed by atoms with Gasteiger partial charge in [-0.2, -0.15) is 0 Å². The zero-order chi connectivity index (χ0) is 14.8. The van der Waals surface area contributed by atoms with Crippen LogP contribution in [-0.4, -0.2) is 15.0 Å². The van der Waals surface area contributed by atoms with Crippen molar-refractivity contribution < 1.29 is 8.42 Å². The van der Waals surface area contributed by atoms with E-state index in [1.54, 1.807) is 0 Å². The lowest BCUT2D eigenvalue weighted by Crippen LogP contribution is -2.31. The third kappa shape index (κ3) is 3.81. The largest absolute Gasteiger partial charge is 0.323 e. The summed E-state index contributed by atoms with van der Waals surface area (Å²) in [4.78, 5) is 0. The van der Waals surface area contributed by atoms with Gasteiger partial charge < -0.3 is 5.73 Å². The first-order chi connectivity index (χ1) is 9.40. The van der Waals surface area contributed by atoms with Crippen molar-refractivity contribution in [2.45, 2.75) is 10.3 Å². The smallest absolute Gasteiger partial charge is 0.250 e. The molecule has 0 aliphatic rings. The normalized spacial score (nSPS) is 13.3. The quantitative estimate of drug-likeness (QED) is 0.817. The van der Waals surface area contributed by atoms with Crippen LogP contribution < -0.4 is 10.5 Å². The molecule has 1 atom stereocenters. The molecule has 108 valence electrons. The highest BCUT2D eigenvalue weighted by molar-refractivity contribution is 9.11. The molecule has 20 heavy (non-hydrogen) atoms. The predicted octanol–water partition coefficient (Wildman–Crippen LogP) is 3.14. The van der Waals surface area contributed by atoms with Crippen LogP contribution in [0.2, 0.25) is 5.02 Å². The van der Waals surface area contributed by atoms with E-state index in [0.29, 0.717) is 8.81 Å². The summed E-state index contributed by atoms with van der Waals surface area (Å²) in [7, 11) is -3.59. The van der Waals surface area contributed by atoms with Crippen LogP contribution in [-0.2, 0) is 10.0 Å². The maximum atomic E-state index is 12.1. The van der Waals surface area contributed by atoms with Gasteiger partial charge in [0.05, 0.1) is 8.81 Å². The zero-order valence-electron chi connectivity index (χ0n) is 10.2. The molecule has 8 heteroatoms. The first-order valence-corrected chi connectivity index (χ1v) is 9.12. The summed E-state index contributed by atoms with van der Waals surface area (Å²) in [6.07, 6.45) is 0. The number of nitrogens with one attached hydrogen (secondary N) is 1. The van der Waals surface area contributed by atoms with E-state index in [4.69, 9.17) is 17.3 Å². The second kappa shape index (κ2) is 6.55. The topological polar surface area (TPSA) is 72.2 Å². The van der Waals surface area contributed by atoms with E-state index < -0.39 is 16.1 Å². The maximum Gasteiger partial charge on any atom is 0.250 e. The van der Waals surface area contributed by atoms with E-state index in [0.717, 1.165) is 16.9 Å². The van der Waals surface area contributed by atoms with Crippen molar-refractivity contribution in [3.63, 3.8) is 0 Å². The van der Waals surface area contributed by atoms with Crippen molar-refractivity contribution >= 4 is 48.9 Å². The van der Waals surface area contributed by atoms with Crippen LogP contribution in [0.5, 0.6) is 0 Å². The molecule has 2 aromatic rings. The molecule has 0 fully saturated rings. The summed E-state index contributed by atoms with van der Waals surface area (Å²) in [6, 6.07) is 10.3. The van der Waals surface area contributed by atoms with Crippen LogP contribution >= 0.6 is 38.9 Å². The average molecular weight is 396 g/mol. The number of rotatable bonds is 5. The second-order valence-electron chi connectivity index (χ2n) is 4.06. The minimum atomic E-state index is -3.59. The lowest BCUT2D eigenvalue weighted by atomic mass is 10.1. The molecule has 4 nitrogen and oxygen atoms in total. The summed E-state index contributed by atoms with van der Waals surface area (Å²) in [5.74, 6) is 0. The monoisotopic (exact) mass is 394 g/mol. The minimum absolute atomic E-state index is 0.124. The summed E-state index contributed by atoms with van der Waals surface area (Å²) in [5.41, 5.74) is 6.83. The third-order valence-electron chi connectivity index (χ3n) is 2.61. The summed E-state index contributed by atoms with van der Waals surface area (Å²) in [5, 5.41) is 0.378. The SMILES string of the molecule is NC(CNS(=O)(=O)c1cc(Cl)c(Br)s1)c1ccccc1. The lowest BCUT2D eigenvalue weighted by molar-refractivity contribution is 0.574. The van der Waals surface area contributed by atoms with E-state index in [-0.39, 0.29) is 10.8 Å². The fraction of sp³-hybridized carbons (Fsp3) is 0.167. The molecular formula is C12H12BrClN2O2S2. The fourth-order valence-electron chi connectivity index (χ4n) is 1.55. The Morgan fingerprint density at radius 2 is 2.00 bits per heavy atom. The van der Waals surface area contributed by atoms with Gasteiger partial charge in [0.1, 0.15) is 4.21 Å². The molecule has 1 aromatic heterocycles. The van der Waals surface area contributed by atoms with Crippen molar-refractivity contribution in [2.75, 3.05) is 6.54 Å². The van der Waals surface area contributed by atoms with Crippen molar-refractivity contribution in [1.29, 1.82) is 0 Å². The van der Waals surface area contributed by atoms with Gasteiger partial charge in [-0.3, -0.25) is 0 Å². The molecule has 0 bridgehead atoms. The van der Waals surface area contributed by atoms with Gasteiger partial charge in [0, 0.05) is 12.6 Å². The summed E-state index contributed by atoms with van der Waals surface area (Å²) in [6.45, 7) is 0.124. The molecule has 0 aliphatic carbocycles. The van der Waals surface area contributed by atoms with E-state index in [1.807, 2.05) is 30.3 Å². The average Bonchev–Trinajstić information content (AvgIpc) is 2.78. The second-order valence-corrected chi connectivity index (χ2v) is 8.83. The Morgan fingerprint density at radius 1 is 1.35 bits per heavy atom. The Balaban J connectivity index is 2.06. The lowest BCUT2D eigenvalue weighted by Gasteiger charge is -2.12. The Bertz CT molecular complexity index is 669. The zero-order valence-corrected chi connectivity index (χ0v) is 14.2. The van der Waals surface area contributed by atoms with Gasteiger partial charge in [0.25, 0.3) is 0 Å². The number of thiophene rings is 1. The van der Waals surface area contributed by atoms with Gasteiger partial charge in [0.2, 0.25) is 10.0 Å². The van der Waals surface area contributed by atoms with Crippen molar-refractivity contribution in [2.24, 2.45) is 5.73 Å². The molecule has 0 aliphatic heterocycles. The van der Waals surface area contributed by atoms with Crippen LogP contribution in [0.15, 0.2) is 44.4 Å². The number of benzene rings is 1. The fourth-order valence-corrected chi connectivity index (χ4v) is 5.05. The minimum Gasteiger partial charge on any atom is -0.323 e. The maximum absolute atomic E-state index is 12.1. The number of hydrogen-bond donors (Lipinski definition) is 2. The highest BCUT2D eigenvalue weighted by atomic mass is 79.9. The molecule has 0 saturated carbocycles. The molecule has 0 spiro atoms. The van der Waals surface area contributed by atoms with E-state index in [9.17, 15) is 8.42 Å². The van der Waals surface area contributed by atoms with Crippen LogP contribution in [0.3, 0.4) is 0 Å². The number of hydrogen-bond acceptors (Lipinski definition) is 4. The van der Waals surface area contributed by atoms with Crippen molar-refractivity contribution in [3.8, 4) is 0 Å². The van der Waals surface area contributed by atoms with Crippen molar-refractivity contribution in [3.05, 3.63) is 50.8 Å². The summed E-state index contributed by atoms with van der Waals surface area (Å²) < 4.78 is 27.4. The van der Waals surface area contributed by atoms with Crippen molar-refractivity contribution in [1.82, 2.24) is 4.72 Å². The Morgan fingerprint density at radius 3 is 2.55 bits per heavy atom. The first kappa shape index (κ1) is 15.9. The molecule has 1 unspecified atom stereocenters. The van der Waals surface area contributed by atoms with Gasteiger partial charge in [-0.05, 0) is 27.6 Å². The highest BCUT2D eigenvalue weighted by Crippen LogP contribution is 2.34. The number of halogens is 2. The molecule has 0 amide bonds. The van der Waals surface area contributed by atoms with E-state index in [1.165, 1.54) is 6.07 Å². The number of nitrogens with two attached hydrogens (primary N) is 1. The molecule has 0 saturated heterocycles. The molecule has 0 radical (unpaired) electrons. The van der Waals surface area contributed by atoms with Gasteiger partial charge in [-0.15, -0.1) is 11.3 Å². The number of sulfonamides is 1. The Kier molecular flexibility index (Phi) is 5.22. The van der Waals surface area contributed by atoms with Crippen LogP contribution in [0.25, 0.3) is 0 Å². The van der Waals surface area contributed by atoms with E-state index in [2.05, 4.69) is 20.7 Å². The van der Waals surface area contributed by atoms with Gasteiger partial charge in [0.15, 0.2) is 0 Å².